The number of carbonyl (C=O) groups is 1. The first-order valence-electron chi connectivity index (χ1n) is 7.82. The zero-order valence-electron chi connectivity index (χ0n) is 14.0. The van der Waals surface area contributed by atoms with Crippen LogP contribution in [0.1, 0.15) is 12.8 Å². The fraction of sp³-hybridized carbons (Fsp3) is 0.500. The average molecular weight is 408 g/mol. The Hall–Kier alpha value is -1.95. The van der Waals surface area contributed by atoms with Gasteiger partial charge in [0.15, 0.2) is 0 Å². The van der Waals surface area contributed by atoms with E-state index >= 15 is 0 Å². The lowest BCUT2D eigenvalue weighted by Gasteiger charge is -2.20. The minimum absolute atomic E-state index is 0. The summed E-state index contributed by atoms with van der Waals surface area (Å²) in [6, 6.07) is 3.37. The molecule has 4 N–H and O–H groups in total. The highest BCUT2D eigenvalue weighted by molar-refractivity contribution is 7.89. The van der Waals surface area contributed by atoms with Crippen molar-refractivity contribution in [1.29, 1.82) is 0 Å². The van der Waals surface area contributed by atoms with E-state index in [1.54, 1.807) is 4.90 Å². The van der Waals surface area contributed by atoms with E-state index in [1.807, 2.05) is 0 Å². The van der Waals surface area contributed by atoms with Crippen molar-refractivity contribution in [2.75, 3.05) is 38.0 Å². The van der Waals surface area contributed by atoms with Gasteiger partial charge in [-0.25, -0.2) is 13.6 Å². The molecule has 1 aliphatic heterocycles. The Morgan fingerprint density at radius 2 is 2.08 bits per heavy atom. The van der Waals surface area contributed by atoms with Gasteiger partial charge in [-0.05, 0) is 25.1 Å². The highest BCUT2D eigenvalue weighted by Crippen LogP contribution is 2.27. The molecule has 0 aromatic heterocycles. The van der Waals surface area contributed by atoms with E-state index in [0.717, 1.165) is 25.6 Å². The smallest absolute Gasteiger partial charge is 0.293 e. The monoisotopic (exact) mass is 407 g/mol. The minimum atomic E-state index is -4.03. The first kappa shape index (κ1) is 22.1. The summed E-state index contributed by atoms with van der Waals surface area (Å²) in [5.41, 5.74) is -0.263. The van der Waals surface area contributed by atoms with Crippen molar-refractivity contribution in [3.63, 3.8) is 0 Å². The largest absolute Gasteiger partial charge is 0.379 e. The molecule has 1 fully saturated rings. The third kappa shape index (κ3) is 6.09. The van der Waals surface area contributed by atoms with Crippen LogP contribution in [-0.2, 0) is 14.8 Å². The number of halogens is 1. The summed E-state index contributed by atoms with van der Waals surface area (Å²) in [7, 11) is -4.03. The van der Waals surface area contributed by atoms with Gasteiger partial charge in [-0.1, -0.05) is 0 Å². The number of nitrogens with zero attached hydrogens (tertiary/aromatic N) is 2. The second-order valence-electron chi connectivity index (χ2n) is 5.64. The van der Waals surface area contributed by atoms with Crippen LogP contribution in [-0.4, -0.2) is 56.9 Å². The Bertz CT molecular complexity index is 750. The molecular weight excluding hydrogens is 386 g/mol. The SMILES string of the molecule is Cl.NS(=O)(=O)c1ccc(NCCC(=O)N2CCCNCC2)c([N+](=O)[O-])c1. The zero-order chi connectivity index (χ0) is 18.4. The number of benzene rings is 1. The fourth-order valence-electron chi connectivity index (χ4n) is 2.55. The lowest BCUT2D eigenvalue weighted by Crippen LogP contribution is -2.35. The molecule has 1 saturated heterocycles. The summed E-state index contributed by atoms with van der Waals surface area (Å²) in [6.45, 7) is 3.17. The number of rotatable bonds is 6. The number of nitrogens with one attached hydrogen (secondary N) is 2. The number of amides is 1. The molecule has 0 saturated carbocycles. The molecule has 12 heteroatoms. The number of hydrogen-bond donors (Lipinski definition) is 3. The van der Waals surface area contributed by atoms with Gasteiger partial charge in [0.1, 0.15) is 5.69 Å². The topological polar surface area (TPSA) is 148 Å². The molecule has 0 aliphatic carbocycles. The van der Waals surface area contributed by atoms with Crippen molar-refractivity contribution in [2.24, 2.45) is 5.14 Å². The van der Waals surface area contributed by atoms with Crippen LogP contribution in [0.4, 0.5) is 11.4 Å². The van der Waals surface area contributed by atoms with Crippen molar-refractivity contribution in [3.8, 4) is 0 Å². The summed E-state index contributed by atoms with van der Waals surface area (Å²) in [6.07, 6.45) is 1.08. The molecule has 0 unspecified atom stereocenters. The van der Waals surface area contributed by atoms with Gasteiger partial charge in [-0.3, -0.25) is 14.9 Å². The Labute approximate surface area is 157 Å². The van der Waals surface area contributed by atoms with Gasteiger partial charge in [0.25, 0.3) is 5.69 Å². The number of nitro groups is 1. The van der Waals surface area contributed by atoms with Gasteiger partial charge in [0, 0.05) is 38.7 Å². The van der Waals surface area contributed by atoms with Crippen LogP contribution >= 0.6 is 12.4 Å². The number of nitrogens with two attached hydrogens (primary N) is 1. The van der Waals surface area contributed by atoms with Crippen LogP contribution in [0.5, 0.6) is 0 Å². The average Bonchev–Trinajstić information content (AvgIpc) is 2.83. The van der Waals surface area contributed by atoms with E-state index in [4.69, 9.17) is 5.14 Å². The summed E-state index contributed by atoms with van der Waals surface area (Å²) >= 11 is 0. The van der Waals surface area contributed by atoms with Gasteiger partial charge >= 0.3 is 0 Å². The molecule has 1 amide bonds. The van der Waals surface area contributed by atoms with E-state index in [-0.39, 0.29) is 41.9 Å². The van der Waals surface area contributed by atoms with Gasteiger partial charge in [-0.15, -0.1) is 12.4 Å². The lowest BCUT2D eigenvalue weighted by atomic mass is 10.2. The third-order valence-electron chi connectivity index (χ3n) is 3.84. The highest BCUT2D eigenvalue weighted by Gasteiger charge is 2.20. The van der Waals surface area contributed by atoms with Gasteiger partial charge in [0.05, 0.1) is 9.82 Å². The number of anilines is 1. The molecule has 0 bridgehead atoms. The third-order valence-corrected chi connectivity index (χ3v) is 4.75. The molecule has 146 valence electrons. The molecule has 26 heavy (non-hydrogen) atoms. The zero-order valence-corrected chi connectivity index (χ0v) is 15.6. The van der Waals surface area contributed by atoms with Crippen LogP contribution in [0.2, 0.25) is 0 Å². The van der Waals surface area contributed by atoms with Crippen LogP contribution in [0, 0.1) is 10.1 Å². The normalized spacial score (nSPS) is 14.9. The predicted octanol–water partition coefficient (Wildman–Crippen LogP) is 0.288. The molecule has 0 radical (unpaired) electrons. The van der Waals surface area contributed by atoms with Crippen LogP contribution in [0.3, 0.4) is 0 Å². The van der Waals surface area contributed by atoms with Crippen molar-refractivity contribution in [2.45, 2.75) is 17.7 Å². The fourth-order valence-corrected chi connectivity index (χ4v) is 3.08. The summed E-state index contributed by atoms with van der Waals surface area (Å²) in [5, 5.41) is 22.1. The van der Waals surface area contributed by atoms with E-state index in [9.17, 15) is 23.3 Å². The Balaban J connectivity index is 0.00000338. The maximum absolute atomic E-state index is 12.2. The molecule has 0 spiro atoms. The number of primary sulfonamides is 1. The maximum atomic E-state index is 12.2. The van der Waals surface area contributed by atoms with E-state index in [1.165, 1.54) is 12.1 Å². The lowest BCUT2D eigenvalue weighted by molar-refractivity contribution is -0.384. The van der Waals surface area contributed by atoms with Crippen molar-refractivity contribution < 1.29 is 18.1 Å². The summed E-state index contributed by atoms with van der Waals surface area (Å²) in [4.78, 5) is 24.0. The summed E-state index contributed by atoms with van der Waals surface area (Å²) < 4.78 is 22.6. The van der Waals surface area contributed by atoms with Crippen molar-refractivity contribution >= 4 is 39.7 Å². The number of sulfonamides is 1. The molecular formula is C14H22ClN5O5S. The molecule has 10 nitrogen and oxygen atoms in total. The maximum Gasteiger partial charge on any atom is 0.293 e. The molecule has 0 atom stereocenters. The van der Waals surface area contributed by atoms with Gasteiger partial charge in [0.2, 0.25) is 15.9 Å². The Kier molecular flexibility index (Phi) is 8.21. The van der Waals surface area contributed by atoms with Gasteiger partial charge < -0.3 is 15.5 Å². The van der Waals surface area contributed by atoms with E-state index in [0.29, 0.717) is 13.1 Å². The van der Waals surface area contributed by atoms with Crippen LogP contribution in [0.25, 0.3) is 0 Å². The first-order chi connectivity index (χ1) is 11.8. The molecule has 1 aromatic rings. The standard InChI is InChI=1S/C14H21N5O5S.ClH/c15-25(23,24)11-2-3-12(13(10-11)19(21)22)17-6-4-14(20)18-8-1-5-16-7-9-18;/h2-3,10,16-17H,1,4-9H2,(H2,15,23,24);1H. The highest BCUT2D eigenvalue weighted by atomic mass is 35.5. The van der Waals surface area contributed by atoms with E-state index < -0.39 is 20.6 Å². The Morgan fingerprint density at radius 3 is 2.73 bits per heavy atom. The number of carbonyl (C=O) groups excluding carboxylic acids is 1. The van der Waals surface area contributed by atoms with E-state index in [2.05, 4.69) is 10.6 Å². The quantitative estimate of drug-likeness (QED) is 0.453. The Morgan fingerprint density at radius 1 is 1.35 bits per heavy atom. The van der Waals surface area contributed by atoms with Gasteiger partial charge in [-0.2, -0.15) is 0 Å². The summed E-state index contributed by atoms with van der Waals surface area (Å²) in [5.74, 6) is -0.0278. The minimum Gasteiger partial charge on any atom is -0.379 e. The van der Waals surface area contributed by atoms with Crippen LogP contribution < -0.4 is 15.8 Å². The number of hydrogen-bond acceptors (Lipinski definition) is 7. The second kappa shape index (κ2) is 9.67. The van der Waals surface area contributed by atoms with Crippen LogP contribution in [0.15, 0.2) is 23.1 Å². The second-order valence-corrected chi connectivity index (χ2v) is 7.20. The van der Waals surface area contributed by atoms with Crippen molar-refractivity contribution in [3.05, 3.63) is 28.3 Å². The molecule has 1 heterocycles. The van der Waals surface area contributed by atoms with Crippen molar-refractivity contribution in [1.82, 2.24) is 10.2 Å². The molecule has 1 aromatic carbocycles. The number of nitro benzene ring substituents is 1. The first-order valence-corrected chi connectivity index (χ1v) is 9.37. The predicted molar refractivity (Wildman–Crippen MR) is 98.9 cm³/mol. The molecule has 2 rings (SSSR count). The molecule has 1 aliphatic rings.